The van der Waals surface area contributed by atoms with E-state index in [0.717, 1.165) is 5.56 Å². The highest BCUT2D eigenvalue weighted by Gasteiger charge is 2.20. The van der Waals surface area contributed by atoms with E-state index < -0.39 is 0 Å². The van der Waals surface area contributed by atoms with Gasteiger partial charge in [0.05, 0.1) is 6.54 Å². The Bertz CT molecular complexity index is 575. The third-order valence-corrected chi connectivity index (χ3v) is 4.15. The molecule has 0 saturated heterocycles. The zero-order chi connectivity index (χ0) is 14.7. The van der Waals surface area contributed by atoms with Gasteiger partial charge < -0.3 is 4.52 Å². The second-order valence-electron chi connectivity index (χ2n) is 5.73. The number of hydrogen-bond donors (Lipinski definition) is 0. The first-order valence-corrected chi connectivity index (χ1v) is 7.51. The molecular formula is C16H20FN3O. The SMILES string of the molecule is CN(Cc1nc(-c2ccc(F)cc2)no1)C1CCCCC1. The smallest absolute Gasteiger partial charge is 0.241 e. The minimum atomic E-state index is -0.264. The van der Waals surface area contributed by atoms with Crippen molar-refractivity contribution in [3.05, 3.63) is 36.0 Å². The molecule has 0 bridgehead atoms. The molecule has 1 aliphatic rings. The van der Waals surface area contributed by atoms with Crippen LogP contribution in [0.1, 0.15) is 38.0 Å². The van der Waals surface area contributed by atoms with Gasteiger partial charge in [0, 0.05) is 11.6 Å². The second kappa shape index (κ2) is 6.35. The Morgan fingerprint density at radius 2 is 1.90 bits per heavy atom. The Morgan fingerprint density at radius 3 is 2.62 bits per heavy atom. The highest BCUT2D eigenvalue weighted by atomic mass is 19.1. The van der Waals surface area contributed by atoms with E-state index in [1.807, 2.05) is 0 Å². The molecule has 1 aromatic carbocycles. The summed E-state index contributed by atoms with van der Waals surface area (Å²) in [6.45, 7) is 0.666. The van der Waals surface area contributed by atoms with Crippen molar-refractivity contribution in [3.8, 4) is 11.4 Å². The molecule has 0 amide bonds. The Morgan fingerprint density at radius 1 is 1.19 bits per heavy atom. The van der Waals surface area contributed by atoms with E-state index in [9.17, 15) is 4.39 Å². The van der Waals surface area contributed by atoms with Crippen LogP contribution in [-0.4, -0.2) is 28.1 Å². The summed E-state index contributed by atoms with van der Waals surface area (Å²) in [5.74, 6) is 0.865. The van der Waals surface area contributed by atoms with Gasteiger partial charge in [-0.25, -0.2) is 4.39 Å². The van der Waals surface area contributed by atoms with Gasteiger partial charge in [0.1, 0.15) is 5.82 Å². The molecule has 2 aromatic rings. The Hall–Kier alpha value is -1.75. The van der Waals surface area contributed by atoms with Crippen LogP contribution in [0.15, 0.2) is 28.8 Å². The molecule has 0 radical (unpaired) electrons. The van der Waals surface area contributed by atoms with Crippen LogP contribution >= 0.6 is 0 Å². The molecule has 0 unspecified atom stereocenters. The minimum absolute atomic E-state index is 0.264. The molecule has 0 atom stereocenters. The Balaban J connectivity index is 1.65. The lowest BCUT2D eigenvalue weighted by molar-refractivity contribution is 0.165. The van der Waals surface area contributed by atoms with Crippen molar-refractivity contribution in [2.24, 2.45) is 0 Å². The van der Waals surface area contributed by atoms with Crippen LogP contribution in [0.25, 0.3) is 11.4 Å². The first-order valence-electron chi connectivity index (χ1n) is 7.51. The highest BCUT2D eigenvalue weighted by molar-refractivity contribution is 5.53. The van der Waals surface area contributed by atoms with Crippen LogP contribution in [0.5, 0.6) is 0 Å². The van der Waals surface area contributed by atoms with Gasteiger partial charge in [0.15, 0.2) is 0 Å². The van der Waals surface area contributed by atoms with Gasteiger partial charge in [0.2, 0.25) is 11.7 Å². The molecule has 0 spiro atoms. The molecule has 1 aliphatic carbocycles. The maximum atomic E-state index is 12.9. The van der Waals surface area contributed by atoms with Crippen LogP contribution in [0.3, 0.4) is 0 Å². The van der Waals surface area contributed by atoms with Crippen LogP contribution < -0.4 is 0 Å². The van der Waals surface area contributed by atoms with Crippen LogP contribution in [-0.2, 0) is 6.54 Å². The Kier molecular flexibility index (Phi) is 4.29. The summed E-state index contributed by atoms with van der Waals surface area (Å²) in [7, 11) is 2.11. The fraction of sp³-hybridized carbons (Fsp3) is 0.500. The van der Waals surface area contributed by atoms with Crippen molar-refractivity contribution >= 4 is 0 Å². The van der Waals surface area contributed by atoms with Gasteiger partial charge in [-0.2, -0.15) is 4.98 Å². The van der Waals surface area contributed by atoms with Gasteiger partial charge >= 0.3 is 0 Å². The highest BCUT2D eigenvalue weighted by Crippen LogP contribution is 2.23. The summed E-state index contributed by atoms with van der Waals surface area (Å²) in [5, 5.41) is 3.98. The molecule has 5 heteroatoms. The van der Waals surface area contributed by atoms with E-state index in [4.69, 9.17) is 4.52 Å². The van der Waals surface area contributed by atoms with Crippen molar-refractivity contribution in [3.63, 3.8) is 0 Å². The number of benzene rings is 1. The summed E-state index contributed by atoms with van der Waals surface area (Å²) >= 11 is 0. The molecule has 4 nitrogen and oxygen atoms in total. The van der Waals surface area contributed by atoms with E-state index in [0.29, 0.717) is 24.3 Å². The van der Waals surface area contributed by atoms with Crippen molar-refractivity contribution in [1.29, 1.82) is 0 Å². The summed E-state index contributed by atoms with van der Waals surface area (Å²) < 4.78 is 18.2. The average Bonchev–Trinajstić information content (AvgIpc) is 2.97. The second-order valence-corrected chi connectivity index (χ2v) is 5.73. The van der Waals surface area contributed by atoms with Crippen LogP contribution in [0.2, 0.25) is 0 Å². The topological polar surface area (TPSA) is 42.2 Å². The summed E-state index contributed by atoms with van der Waals surface area (Å²) in [6.07, 6.45) is 6.45. The lowest BCUT2D eigenvalue weighted by atomic mass is 9.94. The lowest BCUT2D eigenvalue weighted by Gasteiger charge is -2.29. The van der Waals surface area contributed by atoms with Gasteiger partial charge in [-0.3, -0.25) is 4.90 Å². The molecule has 1 saturated carbocycles. The first kappa shape index (κ1) is 14.2. The number of aromatic nitrogens is 2. The average molecular weight is 289 g/mol. The first-order chi connectivity index (χ1) is 10.2. The molecule has 3 rings (SSSR count). The molecule has 1 aromatic heterocycles. The van der Waals surface area contributed by atoms with E-state index >= 15 is 0 Å². The van der Waals surface area contributed by atoms with Crippen molar-refractivity contribution < 1.29 is 8.91 Å². The Labute approximate surface area is 124 Å². The van der Waals surface area contributed by atoms with Gasteiger partial charge in [-0.1, -0.05) is 24.4 Å². The van der Waals surface area contributed by atoms with E-state index in [-0.39, 0.29) is 5.82 Å². The van der Waals surface area contributed by atoms with E-state index in [1.54, 1.807) is 12.1 Å². The lowest BCUT2D eigenvalue weighted by Crippen LogP contribution is -2.32. The largest absolute Gasteiger partial charge is 0.338 e. The zero-order valence-electron chi connectivity index (χ0n) is 12.3. The predicted molar refractivity (Wildman–Crippen MR) is 78.0 cm³/mol. The molecule has 1 heterocycles. The van der Waals surface area contributed by atoms with E-state index in [2.05, 4.69) is 22.1 Å². The molecule has 0 aliphatic heterocycles. The van der Waals surface area contributed by atoms with Crippen LogP contribution in [0, 0.1) is 5.82 Å². The number of hydrogen-bond acceptors (Lipinski definition) is 4. The third-order valence-electron chi connectivity index (χ3n) is 4.15. The van der Waals surface area contributed by atoms with Crippen LogP contribution in [0.4, 0.5) is 4.39 Å². The molecule has 21 heavy (non-hydrogen) atoms. The summed E-state index contributed by atoms with van der Waals surface area (Å²) in [6, 6.07) is 6.74. The number of rotatable bonds is 4. The van der Waals surface area contributed by atoms with Crippen molar-refractivity contribution in [2.75, 3.05) is 7.05 Å². The number of halogens is 1. The standard InChI is InChI=1S/C16H20FN3O/c1-20(14-5-3-2-4-6-14)11-15-18-16(19-21-15)12-7-9-13(17)10-8-12/h7-10,14H,2-6,11H2,1H3. The normalized spacial score (nSPS) is 16.5. The summed E-state index contributed by atoms with van der Waals surface area (Å²) in [5.41, 5.74) is 0.770. The molecule has 0 N–H and O–H groups in total. The fourth-order valence-corrected chi connectivity index (χ4v) is 2.90. The predicted octanol–water partition coefficient (Wildman–Crippen LogP) is 3.64. The molecule has 112 valence electrons. The van der Waals surface area contributed by atoms with Gasteiger partial charge in [-0.15, -0.1) is 0 Å². The van der Waals surface area contributed by atoms with Gasteiger partial charge in [0.25, 0.3) is 0 Å². The maximum Gasteiger partial charge on any atom is 0.241 e. The molecular weight excluding hydrogens is 269 g/mol. The zero-order valence-corrected chi connectivity index (χ0v) is 12.3. The molecule has 1 fully saturated rings. The summed E-state index contributed by atoms with van der Waals surface area (Å²) in [4.78, 5) is 6.70. The van der Waals surface area contributed by atoms with Gasteiger partial charge in [-0.05, 0) is 44.2 Å². The fourth-order valence-electron chi connectivity index (χ4n) is 2.90. The van der Waals surface area contributed by atoms with Crippen molar-refractivity contribution in [1.82, 2.24) is 15.0 Å². The maximum absolute atomic E-state index is 12.9. The monoisotopic (exact) mass is 289 g/mol. The quantitative estimate of drug-likeness (QED) is 0.861. The number of nitrogens with zero attached hydrogens (tertiary/aromatic N) is 3. The van der Waals surface area contributed by atoms with Crippen molar-refractivity contribution in [2.45, 2.75) is 44.7 Å². The third kappa shape index (κ3) is 3.47. The van der Waals surface area contributed by atoms with E-state index in [1.165, 1.54) is 44.2 Å². The minimum Gasteiger partial charge on any atom is -0.338 e.